The van der Waals surface area contributed by atoms with Crippen molar-refractivity contribution in [3.63, 3.8) is 0 Å². The molecule has 1 amide bonds. The average Bonchev–Trinajstić information content (AvgIpc) is 2.41. The number of hydrogen-bond donors (Lipinski definition) is 2. The lowest BCUT2D eigenvalue weighted by Crippen LogP contribution is -2.15. The topological polar surface area (TPSA) is 64.3 Å². The number of para-hydroxylation sites is 1. The first-order valence-corrected chi connectivity index (χ1v) is 6.82. The molecule has 0 heterocycles. The van der Waals surface area contributed by atoms with Crippen molar-refractivity contribution < 1.29 is 9.53 Å². The smallest absolute Gasteiger partial charge is 0.257 e. The SMILES string of the molecule is COc1cc(Br)cc(C)c1NC(=O)c1ccccc1N. The van der Waals surface area contributed by atoms with Crippen molar-refractivity contribution in [2.45, 2.75) is 6.92 Å². The number of anilines is 2. The summed E-state index contributed by atoms with van der Waals surface area (Å²) in [6.45, 7) is 1.90. The summed E-state index contributed by atoms with van der Waals surface area (Å²) in [4.78, 5) is 12.3. The average molecular weight is 335 g/mol. The number of ether oxygens (including phenoxy) is 1. The molecular weight excluding hydrogens is 320 g/mol. The van der Waals surface area contributed by atoms with Crippen molar-refractivity contribution in [1.29, 1.82) is 0 Å². The minimum atomic E-state index is -0.258. The molecule has 3 N–H and O–H groups in total. The number of nitrogen functional groups attached to an aromatic ring is 1. The van der Waals surface area contributed by atoms with Gasteiger partial charge >= 0.3 is 0 Å². The summed E-state index contributed by atoms with van der Waals surface area (Å²) >= 11 is 3.40. The van der Waals surface area contributed by atoms with Crippen LogP contribution in [-0.4, -0.2) is 13.0 Å². The maximum Gasteiger partial charge on any atom is 0.257 e. The summed E-state index contributed by atoms with van der Waals surface area (Å²) < 4.78 is 6.19. The number of nitrogens with one attached hydrogen (secondary N) is 1. The van der Waals surface area contributed by atoms with Crippen LogP contribution in [0.4, 0.5) is 11.4 Å². The molecule has 0 aromatic heterocycles. The predicted molar refractivity (Wildman–Crippen MR) is 84.2 cm³/mol. The number of nitrogens with two attached hydrogens (primary N) is 1. The Morgan fingerprint density at radius 2 is 2.00 bits per heavy atom. The van der Waals surface area contributed by atoms with Crippen LogP contribution in [0, 0.1) is 6.92 Å². The number of methoxy groups -OCH3 is 1. The zero-order valence-corrected chi connectivity index (χ0v) is 12.8. The van der Waals surface area contributed by atoms with E-state index in [1.165, 1.54) is 0 Å². The fourth-order valence-electron chi connectivity index (χ4n) is 1.92. The van der Waals surface area contributed by atoms with Gasteiger partial charge in [-0.05, 0) is 36.8 Å². The van der Waals surface area contributed by atoms with Gasteiger partial charge in [0.1, 0.15) is 5.75 Å². The second-order valence-electron chi connectivity index (χ2n) is 4.34. The van der Waals surface area contributed by atoms with Gasteiger partial charge in [0.2, 0.25) is 0 Å². The molecule has 0 saturated heterocycles. The van der Waals surface area contributed by atoms with Crippen LogP contribution in [-0.2, 0) is 0 Å². The molecule has 0 fully saturated rings. The van der Waals surface area contributed by atoms with E-state index in [9.17, 15) is 4.79 Å². The first-order valence-electron chi connectivity index (χ1n) is 6.03. The second kappa shape index (κ2) is 5.96. The van der Waals surface area contributed by atoms with E-state index in [4.69, 9.17) is 10.5 Å². The van der Waals surface area contributed by atoms with Crippen LogP contribution in [0.5, 0.6) is 5.75 Å². The molecule has 2 aromatic rings. The van der Waals surface area contributed by atoms with Crippen LogP contribution in [0.15, 0.2) is 40.9 Å². The number of aryl methyl sites for hydroxylation is 1. The number of carbonyl (C=O) groups is 1. The normalized spacial score (nSPS) is 10.2. The summed E-state index contributed by atoms with van der Waals surface area (Å²) in [5.41, 5.74) is 8.24. The summed E-state index contributed by atoms with van der Waals surface area (Å²) in [6.07, 6.45) is 0. The minimum absolute atomic E-state index is 0.258. The lowest BCUT2D eigenvalue weighted by molar-refractivity contribution is 0.102. The van der Waals surface area contributed by atoms with Crippen LogP contribution >= 0.6 is 15.9 Å². The third-order valence-corrected chi connectivity index (χ3v) is 3.39. The number of halogens is 1. The van der Waals surface area contributed by atoms with E-state index in [2.05, 4.69) is 21.2 Å². The van der Waals surface area contributed by atoms with Gasteiger partial charge in [-0.15, -0.1) is 0 Å². The van der Waals surface area contributed by atoms with Crippen LogP contribution in [0.2, 0.25) is 0 Å². The van der Waals surface area contributed by atoms with Gasteiger partial charge in [0.15, 0.2) is 0 Å². The predicted octanol–water partition coefficient (Wildman–Crippen LogP) is 3.60. The third kappa shape index (κ3) is 2.93. The fraction of sp³-hybridized carbons (Fsp3) is 0.133. The van der Waals surface area contributed by atoms with E-state index >= 15 is 0 Å². The van der Waals surface area contributed by atoms with Gasteiger partial charge in [-0.2, -0.15) is 0 Å². The number of benzene rings is 2. The summed E-state index contributed by atoms with van der Waals surface area (Å²) in [5, 5.41) is 2.85. The highest BCUT2D eigenvalue weighted by Gasteiger charge is 2.14. The molecule has 20 heavy (non-hydrogen) atoms. The van der Waals surface area contributed by atoms with Gasteiger partial charge < -0.3 is 15.8 Å². The van der Waals surface area contributed by atoms with Gasteiger partial charge in [0, 0.05) is 10.2 Å². The first-order chi connectivity index (χ1) is 9.52. The first kappa shape index (κ1) is 14.4. The van der Waals surface area contributed by atoms with Gasteiger partial charge in [-0.3, -0.25) is 4.79 Å². The molecule has 0 radical (unpaired) electrons. The Hall–Kier alpha value is -2.01. The van der Waals surface area contributed by atoms with Crippen molar-refractivity contribution in [1.82, 2.24) is 0 Å². The molecule has 0 aliphatic heterocycles. The molecule has 4 nitrogen and oxygen atoms in total. The standard InChI is InChI=1S/C15H15BrN2O2/c1-9-7-10(16)8-13(20-2)14(9)18-15(19)11-5-3-4-6-12(11)17/h3-8H,17H2,1-2H3,(H,18,19). The number of rotatable bonds is 3. The highest BCUT2D eigenvalue weighted by atomic mass is 79.9. The Balaban J connectivity index is 2.35. The fourth-order valence-corrected chi connectivity index (χ4v) is 2.47. The Labute approximate surface area is 126 Å². The highest BCUT2D eigenvalue weighted by Crippen LogP contribution is 2.32. The highest BCUT2D eigenvalue weighted by molar-refractivity contribution is 9.10. The molecule has 104 valence electrons. The Bertz CT molecular complexity index is 656. The number of amides is 1. The quantitative estimate of drug-likeness (QED) is 0.843. The second-order valence-corrected chi connectivity index (χ2v) is 5.26. The summed E-state index contributed by atoms with van der Waals surface area (Å²) in [6, 6.07) is 10.7. The molecule has 0 aliphatic rings. The molecule has 0 atom stereocenters. The van der Waals surface area contributed by atoms with E-state index in [1.54, 1.807) is 37.4 Å². The molecular formula is C15H15BrN2O2. The third-order valence-electron chi connectivity index (χ3n) is 2.93. The Morgan fingerprint density at radius 1 is 1.30 bits per heavy atom. The molecule has 0 saturated carbocycles. The van der Waals surface area contributed by atoms with Crippen LogP contribution in [0.25, 0.3) is 0 Å². The maximum atomic E-state index is 12.3. The van der Waals surface area contributed by atoms with Crippen molar-refractivity contribution >= 4 is 33.2 Å². The summed E-state index contributed by atoms with van der Waals surface area (Å²) in [5.74, 6) is 0.339. The van der Waals surface area contributed by atoms with Gasteiger partial charge in [0.25, 0.3) is 5.91 Å². The van der Waals surface area contributed by atoms with Crippen LogP contribution < -0.4 is 15.8 Å². The molecule has 5 heteroatoms. The maximum absolute atomic E-state index is 12.3. The lowest BCUT2D eigenvalue weighted by Gasteiger charge is -2.14. The van der Waals surface area contributed by atoms with Gasteiger partial charge in [-0.25, -0.2) is 0 Å². The largest absolute Gasteiger partial charge is 0.495 e. The zero-order valence-electron chi connectivity index (χ0n) is 11.2. The van der Waals surface area contributed by atoms with Crippen molar-refractivity contribution in [2.24, 2.45) is 0 Å². The van der Waals surface area contributed by atoms with E-state index in [0.717, 1.165) is 10.0 Å². The monoisotopic (exact) mass is 334 g/mol. The van der Waals surface area contributed by atoms with Crippen LogP contribution in [0.3, 0.4) is 0 Å². The van der Waals surface area contributed by atoms with Crippen molar-refractivity contribution in [3.05, 3.63) is 52.0 Å². The van der Waals surface area contributed by atoms with Crippen LogP contribution in [0.1, 0.15) is 15.9 Å². The van der Waals surface area contributed by atoms with E-state index in [0.29, 0.717) is 22.7 Å². The molecule has 0 bridgehead atoms. The molecule has 0 aliphatic carbocycles. The van der Waals surface area contributed by atoms with E-state index in [-0.39, 0.29) is 5.91 Å². The molecule has 2 rings (SSSR count). The summed E-state index contributed by atoms with van der Waals surface area (Å²) in [7, 11) is 1.56. The van der Waals surface area contributed by atoms with E-state index < -0.39 is 0 Å². The molecule has 0 unspecified atom stereocenters. The van der Waals surface area contributed by atoms with Gasteiger partial charge in [-0.1, -0.05) is 28.1 Å². The van der Waals surface area contributed by atoms with Crippen molar-refractivity contribution in [3.8, 4) is 5.75 Å². The number of carbonyl (C=O) groups excluding carboxylic acids is 1. The molecule has 2 aromatic carbocycles. The Kier molecular flexibility index (Phi) is 4.29. The Morgan fingerprint density at radius 3 is 2.65 bits per heavy atom. The zero-order chi connectivity index (χ0) is 14.7. The van der Waals surface area contributed by atoms with Crippen molar-refractivity contribution in [2.75, 3.05) is 18.2 Å². The van der Waals surface area contributed by atoms with Gasteiger partial charge in [0.05, 0.1) is 18.4 Å². The van der Waals surface area contributed by atoms with E-state index in [1.807, 2.05) is 13.0 Å². The minimum Gasteiger partial charge on any atom is -0.495 e. The number of hydrogen-bond acceptors (Lipinski definition) is 3. The lowest BCUT2D eigenvalue weighted by atomic mass is 10.1. The molecule has 0 spiro atoms.